The molecule has 0 bridgehead atoms. The molecule has 0 saturated heterocycles. The molecule has 20 nitrogen and oxygen atoms in total. The molecule has 0 unspecified atom stereocenters. The molecule has 0 aliphatic heterocycles. The SMILES string of the molecule is CC(C)(C#N)c1cccc(Nc2cc(N[C@@H]3CCCC[C@@H]3N)nnc2C(N)=O)n1.CC(C)(C)OC(=O)N[C@H]1CCCC[C@H]1Nc1cc(Nc2cccc(C(C)(C)C#N)n2)c(C(N)=O)nn1. The Morgan fingerprint density at radius 1 is 0.631 bits per heavy atom. The summed E-state index contributed by atoms with van der Waals surface area (Å²) in [6.07, 6.45) is 7.26. The van der Waals surface area contributed by atoms with Crippen LogP contribution in [0.3, 0.4) is 0 Å². The van der Waals surface area contributed by atoms with E-state index in [9.17, 15) is 24.9 Å². The van der Waals surface area contributed by atoms with E-state index in [4.69, 9.17) is 21.9 Å². The summed E-state index contributed by atoms with van der Waals surface area (Å²) in [5.74, 6) is 0.384. The molecular weight excluding hydrogens is 829 g/mol. The van der Waals surface area contributed by atoms with Crippen LogP contribution in [0.25, 0.3) is 0 Å². The van der Waals surface area contributed by atoms with Gasteiger partial charge < -0.3 is 48.5 Å². The Hall–Kier alpha value is -7.19. The second kappa shape index (κ2) is 21.0. The maximum Gasteiger partial charge on any atom is 0.407 e. The average Bonchev–Trinajstić information content (AvgIpc) is 3.25. The molecule has 2 saturated carbocycles. The lowest BCUT2D eigenvalue weighted by Crippen LogP contribution is -2.49. The summed E-state index contributed by atoms with van der Waals surface area (Å²) in [6, 6.07) is 18.2. The number of hydrogen-bond acceptors (Lipinski definition) is 17. The number of nitrogens with zero attached hydrogens (tertiary/aromatic N) is 8. The third-order valence-corrected chi connectivity index (χ3v) is 10.9. The first-order valence-corrected chi connectivity index (χ1v) is 21.6. The number of alkyl carbamates (subject to hydrolysis) is 1. The largest absolute Gasteiger partial charge is 0.444 e. The summed E-state index contributed by atoms with van der Waals surface area (Å²) < 4.78 is 5.41. The number of anilines is 6. The maximum atomic E-state index is 12.3. The van der Waals surface area contributed by atoms with Gasteiger partial charge in [0.2, 0.25) is 0 Å². The van der Waals surface area contributed by atoms with Gasteiger partial charge in [0.1, 0.15) is 17.2 Å². The van der Waals surface area contributed by atoms with Gasteiger partial charge in [-0.25, -0.2) is 14.8 Å². The zero-order valence-corrected chi connectivity index (χ0v) is 38.0. The topological polar surface area (TPSA) is 324 Å². The summed E-state index contributed by atoms with van der Waals surface area (Å²) in [5.41, 5.74) is 16.9. The third kappa shape index (κ3) is 13.7. The molecule has 4 heterocycles. The molecule has 3 amide bonds. The number of ether oxygens (including phenoxy) is 1. The molecule has 344 valence electrons. The number of carbonyl (C=O) groups excluding carboxylic acids is 3. The van der Waals surface area contributed by atoms with Crippen LogP contribution in [0.2, 0.25) is 0 Å². The van der Waals surface area contributed by atoms with Crippen molar-refractivity contribution in [3.63, 3.8) is 0 Å². The molecule has 4 atom stereocenters. The van der Waals surface area contributed by atoms with Crippen LogP contribution in [0.5, 0.6) is 0 Å². The molecular formula is C45H60N16O4. The van der Waals surface area contributed by atoms with Crippen molar-refractivity contribution in [2.75, 3.05) is 21.3 Å². The Labute approximate surface area is 379 Å². The highest BCUT2D eigenvalue weighted by Gasteiger charge is 2.30. The number of hydrogen-bond donors (Lipinski definition) is 8. The highest BCUT2D eigenvalue weighted by Crippen LogP contribution is 2.29. The molecule has 4 aromatic rings. The predicted molar refractivity (Wildman–Crippen MR) is 246 cm³/mol. The summed E-state index contributed by atoms with van der Waals surface area (Å²) >= 11 is 0. The minimum absolute atomic E-state index is 0.00948. The number of amides is 3. The van der Waals surface area contributed by atoms with Crippen LogP contribution in [0, 0.1) is 22.7 Å². The first-order chi connectivity index (χ1) is 30.7. The Morgan fingerprint density at radius 3 is 1.49 bits per heavy atom. The van der Waals surface area contributed by atoms with E-state index >= 15 is 0 Å². The highest BCUT2D eigenvalue weighted by molar-refractivity contribution is 5.98. The van der Waals surface area contributed by atoms with E-state index < -0.39 is 34.3 Å². The average molecular weight is 889 g/mol. The fourth-order valence-electron chi connectivity index (χ4n) is 7.23. The van der Waals surface area contributed by atoms with Gasteiger partial charge in [0.15, 0.2) is 23.0 Å². The standard InChI is InChI=1S/C25H34N8O3.C20H26N8O/c1-24(2,3)36-23(35)30-16-10-7-6-9-15(16)28-20-13-17(21(22(27)34)33-32-20)29-19-12-8-11-18(31-19)25(4,5)14-26;1-20(2,11-21)15-8-5-9-16(26-15)25-14-10-17(27-28-18(14)19(23)29)24-13-7-4-3-6-12(13)22/h8,11-13,15-16H,6-7,9-10H2,1-5H3,(H2,27,34)(H,30,35)(H2,28,29,31,32);5,8-10,12-13H,3-4,6-7,22H2,1-2H3,(H2,23,29)(H2,24,25,26,27)/t15-,16+;12-,13+/m10/s1. The van der Waals surface area contributed by atoms with E-state index in [1.54, 1.807) is 76.2 Å². The maximum absolute atomic E-state index is 12.3. The van der Waals surface area contributed by atoms with Crippen molar-refractivity contribution in [1.82, 2.24) is 35.7 Å². The number of pyridine rings is 2. The molecule has 4 aromatic heterocycles. The van der Waals surface area contributed by atoms with Crippen molar-refractivity contribution in [2.24, 2.45) is 17.2 Å². The van der Waals surface area contributed by atoms with Crippen molar-refractivity contribution in [2.45, 2.75) is 140 Å². The highest BCUT2D eigenvalue weighted by atomic mass is 16.6. The van der Waals surface area contributed by atoms with Crippen molar-refractivity contribution in [1.29, 1.82) is 10.5 Å². The van der Waals surface area contributed by atoms with Gasteiger partial charge >= 0.3 is 6.09 Å². The fraction of sp³-hybridized carbons (Fsp3) is 0.489. The first kappa shape index (κ1) is 48.8. The van der Waals surface area contributed by atoms with Crippen molar-refractivity contribution >= 4 is 52.6 Å². The molecule has 6 rings (SSSR count). The number of carbonyl (C=O) groups is 3. The Bertz CT molecular complexity index is 2420. The lowest BCUT2D eigenvalue weighted by Gasteiger charge is -2.33. The predicted octanol–water partition coefficient (Wildman–Crippen LogP) is 5.96. The number of primary amides is 2. The lowest BCUT2D eigenvalue weighted by molar-refractivity contribution is 0.0488. The Morgan fingerprint density at radius 2 is 1.06 bits per heavy atom. The fourth-order valence-corrected chi connectivity index (χ4v) is 7.23. The number of nitrogens with one attached hydrogen (secondary N) is 5. The van der Waals surface area contributed by atoms with Gasteiger partial charge in [0, 0.05) is 30.3 Å². The van der Waals surface area contributed by atoms with Crippen molar-refractivity contribution in [3.05, 3.63) is 71.3 Å². The number of nitriles is 2. The van der Waals surface area contributed by atoms with Crippen LogP contribution in [0.1, 0.15) is 132 Å². The monoisotopic (exact) mass is 888 g/mol. The van der Waals surface area contributed by atoms with E-state index in [0.717, 1.165) is 51.4 Å². The molecule has 0 radical (unpaired) electrons. The van der Waals surface area contributed by atoms with Crippen LogP contribution < -0.4 is 43.8 Å². The Kier molecular flexibility index (Phi) is 15.8. The van der Waals surface area contributed by atoms with Crippen LogP contribution in [0.15, 0.2) is 48.5 Å². The quantitative estimate of drug-likeness (QED) is 0.0767. The second-order valence-electron chi connectivity index (χ2n) is 18.2. The molecule has 11 N–H and O–H groups in total. The molecule has 2 fully saturated rings. The second-order valence-corrected chi connectivity index (χ2v) is 18.2. The van der Waals surface area contributed by atoms with E-state index in [1.165, 1.54) is 0 Å². The summed E-state index contributed by atoms with van der Waals surface area (Å²) in [5, 5.41) is 50.8. The number of aromatic nitrogens is 6. The van der Waals surface area contributed by atoms with Gasteiger partial charge in [-0.1, -0.05) is 37.8 Å². The van der Waals surface area contributed by atoms with Gasteiger partial charge in [-0.05, 0) is 98.4 Å². The van der Waals surface area contributed by atoms with E-state index in [0.29, 0.717) is 46.0 Å². The smallest absolute Gasteiger partial charge is 0.407 e. The molecule has 2 aliphatic carbocycles. The van der Waals surface area contributed by atoms with E-state index in [-0.39, 0.29) is 35.6 Å². The third-order valence-electron chi connectivity index (χ3n) is 10.9. The molecule has 2 aliphatic rings. The van der Waals surface area contributed by atoms with Gasteiger partial charge in [0.05, 0.1) is 51.8 Å². The van der Waals surface area contributed by atoms with Gasteiger partial charge in [0.25, 0.3) is 11.8 Å². The first-order valence-electron chi connectivity index (χ1n) is 21.6. The summed E-state index contributed by atoms with van der Waals surface area (Å²) in [7, 11) is 0. The van der Waals surface area contributed by atoms with Crippen LogP contribution in [0.4, 0.5) is 39.4 Å². The lowest BCUT2D eigenvalue weighted by atomic mass is 9.90. The van der Waals surface area contributed by atoms with Crippen LogP contribution in [-0.4, -0.2) is 78.0 Å². The van der Waals surface area contributed by atoms with E-state index in [2.05, 4.69) is 69.1 Å². The van der Waals surface area contributed by atoms with Crippen LogP contribution >= 0.6 is 0 Å². The molecule has 0 aromatic carbocycles. The minimum Gasteiger partial charge on any atom is -0.444 e. The molecule has 65 heavy (non-hydrogen) atoms. The molecule has 20 heteroatoms. The summed E-state index contributed by atoms with van der Waals surface area (Å²) in [4.78, 5) is 45.2. The molecule has 0 spiro atoms. The minimum atomic E-state index is -0.787. The van der Waals surface area contributed by atoms with Gasteiger partial charge in [-0.3, -0.25) is 9.59 Å². The van der Waals surface area contributed by atoms with Gasteiger partial charge in [-0.2, -0.15) is 10.5 Å². The van der Waals surface area contributed by atoms with Gasteiger partial charge in [-0.15, -0.1) is 20.4 Å². The van der Waals surface area contributed by atoms with Crippen molar-refractivity contribution < 1.29 is 19.1 Å². The van der Waals surface area contributed by atoms with Crippen molar-refractivity contribution in [3.8, 4) is 12.1 Å². The number of nitrogens with two attached hydrogens (primary N) is 3. The zero-order valence-electron chi connectivity index (χ0n) is 38.0. The Balaban J connectivity index is 0.000000250. The normalized spacial score (nSPS) is 18.6. The number of rotatable bonds is 13. The summed E-state index contributed by atoms with van der Waals surface area (Å²) in [6.45, 7) is 12.6. The van der Waals surface area contributed by atoms with E-state index in [1.807, 2.05) is 20.8 Å². The zero-order chi connectivity index (χ0) is 47.5. The van der Waals surface area contributed by atoms with Crippen LogP contribution in [-0.2, 0) is 15.6 Å².